The van der Waals surface area contributed by atoms with E-state index in [0.29, 0.717) is 0 Å². The van der Waals surface area contributed by atoms with Crippen LogP contribution in [-0.2, 0) is 6.61 Å². The lowest BCUT2D eigenvalue weighted by Crippen LogP contribution is -1.98. The van der Waals surface area contributed by atoms with Crippen LogP contribution in [0.4, 0.5) is 0 Å². The highest BCUT2D eigenvalue weighted by atomic mass is 16.3. The third-order valence-electron chi connectivity index (χ3n) is 11.1. The second kappa shape index (κ2) is 10.9. The number of hydrogen-bond acceptors (Lipinski definition) is 3. The molecule has 2 aliphatic rings. The molecule has 0 saturated carbocycles. The molecule has 6 aromatic rings. The molecule has 0 unspecified atom stereocenters. The van der Waals surface area contributed by atoms with Crippen molar-refractivity contribution < 1.29 is 5.11 Å². The fourth-order valence-electron chi connectivity index (χ4n) is 7.57. The van der Waals surface area contributed by atoms with Crippen molar-refractivity contribution in [3.8, 4) is 11.1 Å². The predicted molar refractivity (Wildman–Crippen MR) is 203 cm³/mol. The molecule has 3 aromatic heterocycles. The number of H-pyrrole nitrogens is 2. The highest BCUT2D eigenvalue weighted by molar-refractivity contribution is 6.18. The summed E-state index contributed by atoms with van der Waals surface area (Å²) in [6, 6.07) is 23.5. The first-order chi connectivity index (χ1) is 23.1. The van der Waals surface area contributed by atoms with Crippen LogP contribution in [0.15, 0.2) is 66.7 Å². The minimum atomic E-state index is -0.0987. The average molecular weight is 629 g/mol. The molecule has 5 heterocycles. The summed E-state index contributed by atoms with van der Waals surface area (Å²) in [5, 5.41) is 15.6. The molecule has 0 atom stereocenters. The number of aromatic amines is 2. The number of allylic oxidation sites excluding steroid dienone is 4. The van der Waals surface area contributed by atoms with E-state index in [1.807, 2.05) is 0 Å². The Morgan fingerprint density at radius 1 is 0.500 bits per heavy atom. The predicted octanol–water partition coefficient (Wildman–Crippen LogP) is 10.9. The molecule has 238 valence electrons. The maximum Gasteiger partial charge on any atom is 0.0769 e. The van der Waals surface area contributed by atoms with Crippen molar-refractivity contribution in [2.45, 2.75) is 62.0 Å². The van der Waals surface area contributed by atoms with Gasteiger partial charge in [0, 0.05) is 22.1 Å². The summed E-state index contributed by atoms with van der Waals surface area (Å²) in [5.41, 5.74) is 20.2. The Kier molecular flexibility index (Phi) is 6.83. The molecule has 2 aliphatic heterocycles. The third-order valence-corrected chi connectivity index (χ3v) is 11.1. The van der Waals surface area contributed by atoms with E-state index in [-0.39, 0.29) is 6.61 Å². The summed E-state index contributed by atoms with van der Waals surface area (Å²) in [6.07, 6.45) is 0. The standard InChI is InChI=1S/C43H40N4O/c1-21-23(3)36-18-38-25(5)27(7)42(46-38)41(40-32-16-12-11-14-30(32)29-13-9-10-15-31(29)33(40)20-48)43-28(8)26(6)39(47-43)19-37-24(4)22(2)35(45-37)17-34(21)44-36/h9-19,44,47-48H,20H2,1-8H3. The SMILES string of the molecule is CC1=C(C)c2cc3[nH]c(c(C)c3C)c(-c3c(CO)c4ccccc4c4ccccc34)c3nc(cc4[nH]c(cc1n2)c(C)c4C)C(C)=C3C. The summed E-state index contributed by atoms with van der Waals surface area (Å²) in [4.78, 5) is 18.2. The first kappa shape index (κ1) is 30.1. The van der Waals surface area contributed by atoms with Gasteiger partial charge in [0.15, 0.2) is 0 Å². The van der Waals surface area contributed by atoms with E-state index in [2.05, 4.69) is 132 Å². The maximum atomic E-state index is 11.2. The van der Waals surface area contributed by atoms with Gasteiger partial charge in [-0.25, -0.2) is 9.97 Å². The second-order valence-corrected chi connectivity index (χ2v) is 13.5. The third kappa shape index (κ3) is 4.27. The minimum Gasteiger partial charge on any atom is -0.392 e. The molecule has 0 spiro atoms. The van der Waals surface area contributed by atoms with Crippen molar-refractivity contribution in [2.75, 3.05) is 0 Å². The number of hydrogen-bond donors (Lipinski definition) is 3. The van der Waals surface area contributed by atoms with Crippen LogP contribution < -0.4 is 0 Å². The van der Waals surface area contributed by atoms with E-state index in [1.54, 1.807) is 0 Å². The van der Waals surface area contributed by atoms with Crippen LogP contribution in [0.1, 0.15) is 78.3 Å². The molecule has 0 aliphatic carbocycles. The van der Waals surface area contributed by atoms with Gasteiger partial charge >= 0.3 is 0 Å². The number of aliphatic hydroxyl groups is 1. The number of benzene rings is 3. The van der Waals surface area contributed by atoms with Gasteiger partial charge in [0.1, 0.15) is 0 Å². The Balaban J connectivity index is 1.66. The number of nitrogens with one attached hydrogen (secondary N) is 2. The lowest BCUT2D eigenvalue weighted by molar-refractivity contribution is 0.284. The Hall–Kier alpha value is -5.26. The molecule has 8 rings (SSSR count). The first-order valence-electron chi connectivity index (χ1n) is 16.7. The van der Waals surface area contributed by atoms with Crippen molar-refractivity contribution in [1.82, 2.24) is 19.9 Å². The molecule has 0 fully saturated rings. The van der Waals surface area contributed by atoms with Crippen LogP contribution in [0.3, 0.4) is 0 Å². The lowest BCUT2D eigenvalue weighted by Gasteiger charge is -2.18. The molecular weight excluding hydrogens is 589 g/mol. The van der Waals surface area contributed by atoms with Gasteiger partial charge in [-0.2, -0.15) is 0 Å². The van der Waals surface area contributed by atoms with Gasteiger partial charge in [-0.05, 0) is 151 Å². The van der Waals surface area contributed by atoms with Crippen molar-refractivity contribution in [3.05, 3.63) is 117 Å². The molecule has 5 heteroatoms. The largest absolute Gasteiger partial charge is 0.392 e. The zero-order valence-electron chi connectivity index (χ0n) is 28.9. The number of nitrogens with zero attached hydrogens (tertiary/aromatic N) is 2. The summed E-state index contributed by atoms with van der Waals surface area (Å²) in [6.45, 7) is 17.3. The van der Waals surface area contributed by atoms with Crippen molar-refractivity contribution in [1.29, 1.82) is 0 Å². The number of aryl methyl sites for hydroxylation is 4. The van der Waals surface area contributed by atoms with E-state index in [9.17, 15) is 5.11 Å². The van der Waals surface area contributed by atoms with E-state index in [1.165, 1.54) is 27.8 Å². The van der Waals surface area contributed by atoms with Gasteiger partial charge in [-0.3, -0.25) is 0 Å². The van der Waals surface area contributed by atoms with Crippen LogP contribution >= 0.6 is 0 Å². The summed E-state index contributed by atoms with van der Waals surface area (Å²) < 4.78 is 0. The molecule has 0 radical (unpaired) electrons. The summed E-state index contributed by atoms with van der Waals surface area (Å²) >= 11 is 0. The highest BCUT2D eigenvalue weighted by Crippen LogP contribution is 2.46. The minimum absolute atomic E-state index is 0.0987. The number of aromatic nitrogens is 4. The molecule has 5 nitrogen and oxygen atoms in total. The zero-order valence-corrected chi connectivity index (χ0v) is 28.9. The van der Waals surface area contributed by atoms with E-state index >= 15 is 0 Å². The fraction of sp³-hybridized carbons (Fsp3) is 0.209. The normalized spacial score (nSPS) is 13.4. The molecule has 0 saturated heterocycles. The monoisotopic (exact) mass is 628 g/mol. The van der Waals surface area contributed by atoms with E-state index in [4.69, 9.17) is 9.97 Å². The zero-order chi connectivity index (χ0) is 33.6. The van der Waals surface area contributed by atoms with Crippen molar-refractivity contribution in [2.24, 2.45) is 0 Å². The molecule has 48 heavy (non-hydrogen) atoms. The average Bonchev–Trinajstić information content (AvgIpc) is 3.72. The van der Waals surface area contributed by atoms with E-state index < -0.39 is 0 Å². The van der Waals surface area contributed by atoms with Crippen LogP contribution in [-0.4, -0.2) is 25.0 Å². The molecular formula is C43H40N4O. The number of rotatable bonds is 2. The Morgan fingerprint density at radius 2 is 0.958 bits per heavy atom. The summed E-state index contributed by atoms with van der Waals surface area (Å²) in [7, 11) is 0. The molecule has 0 amide bonds. The van der Waals surface area contributed by atoms with Crippen molar-refractivity contribution >= 4 is 65.9 Å². The van der Waals surface area contributed by atoms with Crippen LogP contribution in [0.25, 0.3) is 77.0 Å². The highest BCUT2D eigenvalue weighted by Gasteiger charge is 2.25. The number of fused-ring (bicyclic) bond motifs is 11. The maximum absolute atomic E-state index is 11.2. The van der Waals surface area contributed by atoms with Crippen LogP contribution in [0.5, 0.6) is 0 Å². The molecule has 3 N–H and O–H groups in total. The molecule has 3 aromatic carbocycles. The molecule has 8 bridgehead atoms. The van der Waals surface area contributed by atoms with Gasteiger partial charge in [-0.1, -0.05) is 48.5 Å². The lowest BCUT2D eigenvalue weighted by atomic mass is 9.86. The second-order valence-electron chi connectivity index (χ2n) is 13.5. The van der Waals surface area contributed by atoms with Crippen LogP contribution in [0, 0.1) is 27.7 Å². The van der Waals surface area contributed by atoms with Crippen LogP contribution in [0.2, 0.25) is 0 Å². The van der Waals surface area contributed by atoms with Gasteiger partial charge in [0.25, 0.3) is 0 Å². The van der Waals surface area contributed by atoms with E-state index in [0.717, 1.165) is 99.8 Å². The smallest absolute Gasteiger partial charge is 0.0769 e. The Bertz CT molecular complexity index is 2630. The first-order valence-corrected chi connectivity index (χ1v) is 16.7. The quantitative estimate of drug-likeness (QED) is 0.167. The van der Waals surface area contributed by atoms with Gasteiger partial charge < -0.3 is 15.1 Å². The van der Waals surface area contributed by atoms with Gasteiger partial charge in [0.05, 0.1) is 34.9 Å². The Morgan fingerprint density at radius 3 is 1.54 bits per heavy atom. The fourth-order valence-corrected chi connectivity index (χ4v) is 7.57. The Labute approximate surface area is 280 Å². The van der Waals surface area contributed by atoms with Crippen molar-refractivity contribution in [3.63, 3.8) is 0 Å². The van der Waals surface area contributed by atoms with Gasteiger partial charge in [0.2, 0.25) is 0 Å². The summed E-state index contributed by atoms with van der Waals surface area (Å²) in [5.74, 6) is 0. The topological polar surface area (TPSA) is 77.6 Å². The van der Waals surface area contributed by atoms with Gasteiger partial charge in [-0.15, -0.1) is 0 Å². The number of aliphatic hydroxyl groups excluding tert-OH is 1.